The molecule has 1 saturated heterocycles. The number of carbonyl (C=O) groups is 2. The summed E-state index contributed by atoms with van der Waals surface area (Å²) in [5, 5.41) is 16.6. The van der Waals surface area contributed by atoms with Gasteiger partial charge in [0.1, 0.15) is 5.69 Å². The molecule has 0 bridgehead atoms. The van der Waals surface area contributed by atoms with Gasteiger partial charge in [0, 0.05) is 42.3 Å². The van der Waals surface area contributed by atoms with Gasteiger partial charge in [0.25, 0.3) is 5.91 Å². The third kappa shape index (κ3) is 3.83. The van der Waals surface area contributed by atoms with Crippen LogP contribution < -0.4 is 34.2 Å². The predicted molar refractivity (Wildman–Crippen MR) is 114 cm³/mol. The smallest absolute Gasteiger partial charge is 0.545 e. The maximum Gasteiger partial charge on any atom is 1.00 e. The zero-order valence-corrected chi connectivity index (χ0v) is 18.6. The Balaban J connectivity index is 0.00000231. The molecule has 154 valence electrons. The van der Waals surface area contributed by atoms with E-state index in [1.54, 1.807) is 25.1 Å². The summed E-state index contributed by atoms with van der Waals surface area (Å²) in [5.74, 6) is -0.604. The number of nitrogens with zero attached hydrogens (tertiary/aromatic N) is 1. The van der Waals surface area contributed by atoms with E-state index in [0.717, 1.165) is 29.5 Å². The van der Waals surface area contributed by atoms with Gasteiger partial charge in [-0.3, -0.25) is 4.79 Å². The Hall–Kier alpha value is -2.10. The minimum absolute atomic E-state index is 0. The number of hydrogen-bond donors (Lipinski definition) is 2. The number of rotatable bonds is 4. The van der Waals surface area contributed by atoms with Crippen molar-refractivity contribution in [3.05, 3.63) is 63.4 Å². The molecule has 2 aromatic carbocycles. The SMILES string of the molecule is Cc1[nH]c(C(=O)N[C@@H]2[C@@H]3CN(c4ccc5cc(C(=O)[O-])ccc5c4)C[C@@H]32)c(Cl)c1Cl.[Li+]. The molecule has 2 fully saturated rings. The van der Waals surface area contributed by atoms with Crippen molar-refractivity contribution in [3.8, 4) is 0 Å². The number of H-pyrrole nitrogens is 1. The van der Waals surface area contributed by atoms with Gasteiger partial charge in [-0.25, -0.2) is 0 Å². The van der Waals surface area contributed by atoms with Crippen molar-refractivity contribution in [1.82, 2.24) is 10.3 Å². The first-order valence-electron chi connectivity index (χ1n) is 9.68. The Morgan fingerprint density at radius 2 is 1.71 bits per heavy atom. The van der Waals surface area contributed by atoms with E-state index in [1.807, 2.05) is 12.1 Å². The summed E-state index contributed by atoms with van der Waals surface area (Å²) in [5.41, 5.74) is 2.26. The molecule has 1 aromatic heterocycles. The van der Waals surface area contributed by atoms with Crippen LogP contribution in [0, 0.1) is 18.8 Å². The molecule has 1 saturated carbocycles. The van der Waals surface area contributed by atoms with E-state index in [0.29, 0.717) is 28.2 Å². The summed E-state index contributed by atoms with van der Waals surface area (Å²) >= 11 is 12.2. The molecule has 1 amide bonds. The van der Waals surface area contributed by atoms with E-state index in [-0.39, 0.29) is 41.4 Å². The molecule has 6 nitrogen and oxygen atoms in total. The van der Waals surface area contributed by atoms with Gasteiger partial charge in [-0.2, -0.15) is 0 Å². The number of halogens is 2. The van der Waals surface area contributed by atoms with Gasteiger partial charge in [0.05, 0.1) is 16.0 Å². The monoisotopic (exact) mass is 449 g/mol. The molecule has 3 aromatic rings. The van der Waals surface area contributed by atoms with Crippen molar-refractivity contribution >= 4 is 51.5 Å². The van der Waals surface area contributed by atoms with E-state index in [4.69, 9.17) is 23.2 Å². The fraction of sp³-hybridized carbons (Fsp3) is 0.273. The van der Waals surface area contributed by atoms with Crippen LogP contribution in [0.3, 0.4) is 0 Å². The normalized spacial score (nSPS) is 21.5. The molecule has 1 aliphatic heterocycles. The number of nitrogens with one attached hydrogen (secondary N) is 2. The third-order valence-electron chi connectivity index (χ3n) is 6.20. The van der Waals surface area contributed by atoms with Crippen molar-refractivity contribution in [2.75, 3.05) is 18.0 Å². The standard InChI is InChI=1S/C22H19Cl2N3O3.Li/c1-10-17(23)18(24)20(25-10)21(28)26-19-15-8-27(9-16(15)19)14-5-4-11-6-13(22(29)30)3-2-12(11)7-14;/h2-7,15-16,19,25H,8-9H2,1H3,(H,26,28)(H,29,30);/q;+1/p-1/t15-,16+,19-;. The van der Waals surface area contributed by atoms with Gasteiger partial charge in [0.15, 0.2) is 0 Å². The number of carboxylic acids is 1. The van der Waals surface area contributed by atoms with E-state index in [1.165, 1.54) is 0 Å². The minimum Gasteiger partial charge on any atom is -0.545 e. The van der Waals surface area contributed by atoms with E-state index in [2.05, 4.69) is 21.3 Å². The molecule has 9 heteroatoms. The first-order chi connectivity index (χ1) is 14.3. The second kappa shape index (κ2) is 8.11. The van der Waals surface area contributed by atoms with Gasteiger partial charge in [-0.05, 0) is 41.5 Å². The minimum atomic E-state index is -1.17. The molecule has 2 aliphatic rings. The fourth-order valence-electron chi connectivity index (χ4n) is 4.46. The summed E-state index contributed by atoms with van der Waals surface area (Å²) in [6, 6.07) is 11.1. The van der Waals surface area contributed by atoms with Gasteiger partial charge >= 0.3 is 18.9 Å². The van der Waals surface area contributed by atoms with Crippen LogP contribution in [-0.4, -0.2) is 36.0 Å². The van der Waals surface area contributed by atoms with Gasteiger partial charge in [-0.15, -0.1) is 0 Å². The predicted octanol–water partition coefficient (Wildman–Crippen LogP) is 0.0152. The van der Waals surface area contributed by atoms with Crippen LogP contribution in [-0.2, 0) is 0 Å². The summed E-state index contributed by atoms with van der Waals surface area (Å²) in [6.45, 7) is 3.49. The number of carboxylic acid groups (broad SMARTS) is 1. The maximum absolute atomic E-state index is 12.5. The molecule has 1 aliphatic carbocycles. The van der Waals surface area contributed by atoms with Crippen LogP contribution >= 0.6 is 23.2 Å². The average molecular weight is 450 g/mol. The Bertz CT molecular complexity index is 1200. The van der Waals surface area contributed by atoms with Crippen LogP contribution in [0.2, 0.25) is 10.0 Å². The second-order valence-electron chi connectivity index (χ2n) is 8.02. The Labute approximate surface area is 201 Å². The van der Waals surface area contributed by atoms with E-state index in [9.17, 15) is 14.7 Å². The number of aromatic nitrogens is 1. The first kappa shape index (κ1) is 22.1. The van der Waals surface area contributed by atoms with Gasteiger partial charge in [-0.1, -0.05) is 41.4 Å². The zero-order valence-electron chi connectivity index (χ0n) is 17.0. The second-order valence-corrected chi connectivity index (χ2v) is 8.77. The summed E-state index contributed by atoms with van der Waals surface area (Å²) in [4.78, 5) is 28.8. The summed E-state index contributed by atoms with van der Waals surface area (Å²) in [7, 11) is 0. The largest absolute Gasteiger partial charge is 1.00 e. The number of fused-ring (bicyclic) bond motifs is 2. The van der Waals surface area contributed by atoms with Crippen molar-refractivity contribution in [1.29, 1.82) is 0 Å². The molecule has 0 spiro atoms. The number of piperidine rings is 1. The topological polar surface area (TPSA) is 88.3 Å². The average Bonchev–Trinajstić information content (AvgIpc) is 3.06. The number of amides is 1. The van der Waals surface area contributed by atoms with E-state index >= 15 is 0 Å². The maximum atomic E-state index is 12.5. The van der Waals surface area contributed by atoms with Crippen LogP contribution in [0.4, 0.5) is 5.69 Å². The van der Waals surface area contributed by atoms with Crippen molar-refractivity contribution < 1.29 is 33.6 Å². The third-order valence-corrected chi connectivity index (χ3v) is 7.14. The molecule has 2 heterocycles. The molecular formula is C22H18Cl2LiN3O3. The molecule has 0 unspecified atom stereocenters. The number of benzene rings is 2. The van der Waals surface area contributed by atoms with Crippen molar-refractivity contribution in [2.45, 2.75) is 13.0 Å². The number of aromatic carboxylic acids is 1. The molecule has 3 atom stereocenters. The number of aryl methyl sites for hydroxylation is 1. The molecule has 31 heavy (non-hydrogen) atoms. The van der Waals surface area contributed by atoms with Gasteiger partial charge < -0.3 is 25.1 Å². The van der Waals surface area contributed by atoms with Crippen LogP contribution in [0.25, 0.3) is 10.8 Å². The number of anilines is 1. The fourth-order valence-corrected chi connectivity index (χ4v) is 4.88. The number of hydrogen-bond acceptors (Lipinski definition) is 4. The van der Waals surface area contributed by atoms with E-state index < -0.39 is 5.97 Å². The first-order valence-corrected chi connectivity index (χ1v) is 10.4. The Morgan fingerprint density at radius 1 is 1.06 bits per heavy atom. The molecular weight excluding hydrogens is 432 g/mol. The van der Waals surface area contributed by atoms with Crippen molar-refractivity contribution in [3.63, 3.8) is 0 Å². The van der Waals surface area contributed by atoms with Crippen molar-refractivity contribution in [2.24, 2.45) is 11.8 Å². The Morgan fingerprint density at radius 3 is 2.32 bits per heavy atom. The summed E-state index contributed by atoms with van der Waals surface area (Å²) < 4.78 is 0. The zero-order chi connectivity index (χ0) is 21.2. The van der Waals surface area contributed by atoms with Crippen LogP contribution in [0.1, 0.15) is 26.5 Å². The van der Waals surface area contributed by atoms with Crippen LogP contribution in [0.5, 0.6) is 0 Å². The Kier molecular flexibility index (Phi) is 5.78. The summed E-state index contributed by atoms with van der Waals surface area (Å²) in [6.07, 6.45) is 0. The molecule has 2 N–H and O–H groups in total. The quantitative estimate of drug-likeness (QED) is 0.549. The number of carbonyl (C=O) groups excluding carboxylic acids is 2. The molecule has 5 rings (SSSR count). The van der Waals surface area contributed by atoms with Crippen LogP contribution in [0.15, 0.2) is 36.4 Å². The number of aromatic amines is 1. The van der Waals surface area contributed by atoms with Gasteiger partial charge in [0.2, 0.25) is 0 Å². The molecule has 0 radical (unpaired) electrons.